The Hall–Kier alpha value is -2.08. The summed E-state index contributed by atoms with van der Waals surface area (Å²) in [6.45, 7) is 3.29. The average molecular weight is 359 g/mol. The minimum absolute atomic E-state index is 0.0305. The first-order chi connectivity index (χ1) is 10.5. The number of aromatic amines is 1. The maximum atomic E-state index is 12.7. The molecule has 4 rings (SSSR count). The van der Waals surface area contributed by atoms with Crippen LogP contribution in [-0.4, -0.2) is 25.6 Å². The molecule has 1 N–H and O–H groups in total. The zero-order valence-corrected chi connectivity index (χ0v) is 13.9. The number of nitrogens with zero attached hydrogens (tertiary/aromatic N) is 3. The highest BCUT2D eigenvalue weighted by Crippen LogP contribution is 2.28. The number of amides is 1. The van der Waals surface area contributed by atoms with Gasteiger partial charge >= 0.3 is 0 Å². The third-order valence-corrected chi connectivity index (χ3v) is 5.23. The predicted molar refractivity (Wildman–Crippen MR) is 87.5 cm³/mol. The van der Waals surface area contributed by atoms with Crippen molar-refractivity contribution in [2.45, 2.75) is 20.0 Å². The second-order valence-corrected chi connectivity index (χ2v) is 6.57. The monoisotopic (exact) mass is 358 g/mol. The molecule has 0 radical (unpaired) electrons. The maximum Gasteiger partial charge on any atom is 0.270 e. The summed E-state index contributed by atoms with van der Waals surface area (Å²) in [5.74, 6) is 0.0305. The Morgan fingerprint density at radius 1 is 1.36 bits per heavy atom. The van der Waals surface area contributed by atoms with Crippen molar-refractivity contribution >= 4 is 32.7 Å². The maximum absolute atomic E-state index is 12.7. The van der Waals surface area contributed by atoms with Gasteiger partial charge in [0, 0.05) is 34.5 Å². The summed E-state index contributed by atoms with van der Waals surface area (Å²) in [6, 6.07) is 5.94. The van der Waals surface area contributed by atoms with Crippen LogP contribution in [0.3, 0.4) is 0 Å². The molecule has 0 atom stereocenters. The van der Waals surface area contributed by atoms with Gasteiger partial charge in [0.2, 0.25) is 0 Å². The fourth-order valence-corrected chi connectivity index (χ4v) is 3.38. The van der Waals surface area contributed by atoms with Crippen molar-refractivity contribution in [3.8, 4) is 0 Å². The van der Waals surface area contributed by atoms with Gasteiger partial charge in [-0.15, -0.1) is 0 Å². The number of carbonyl (C=O) groups excluding carboxylic acids is 1. The zero-order chi connectivity index (χ0) is 15.4. The van der Waals surface area contributed by atoms with Crippen molar-refractivity contribution in [1.82, 2.24) is 19.7 Å². The first-order valence-corrected chi connectivity index (χ1v) is 7.91. The molecule has 0 fully saturated rings. The number of H-pyrrole nitrogens is 1. The van der Waals surface area contributed by atoms with Crippen LogP contribution in [0.15, 0.2) is 28.9 Å². The minimum atomic E-state index is 0.0305. The van der Waals surface area contributed by atoms with E-state index < -0.39 is 0 Å². The van der Waals surface area contributed by atoms with Gasteiger partial charge in [-0.2, -0.15) is 5.10 Å². The largest absolute Gasteiger partial charge is 0.351 e. The van der Waals surface area contributed by atoms with Gasteiger partial charge in [-0.05, 0) is 30.7 Å². The van der Waals surface area contributed by atoms with Crippen molar-refractivity contribution in [2.75, 3.05) is 0 Å². The Morgan fingerprint density at radius 2 is 2.18 bits per heavy atom. The molecule has 0 saturated carbocycles. The van der Waals surface area contributed by atoms with E-state index in [1.165, 1.54) is 0 Å². The van der Waals surface area contributed by atoms with Crippen LogP contribution in [0.1, 0.15) is 27.3 Å². The molecule has 6 heteroatoms. The summed E-state index contributed by atoms with van der Waals surface area (Å²) >= 11 is 3.53. The van der Waals surface area contributed by atoms with Gasteiger partial charge in [-0.3, -0.25) is 9.48 Å². The molecule has 0 aliphatic carbocycles. The van der Waals surface area contributed by atoms with Gasteiger partial charge in [0.25, 0.3) is 5.91 Å². The zero-order valence-electron chi connectivity index (χ0n) is 12.4. The molecule has 22 heavy (non-hydrogen) atoms. The molecule has 3 aromatic rings. The molecular formula is C16H15BrN4O. The molecular weight excluding hydrogens is 344 g/mol. The number of fused-ring (bicyclic) bond motifs is 2. The number of benzene rings is 1. The van der Waals surface area contributed by atoms with E-state index in [9.17, 15) is 4.79 Å². The van der Waals surface area contributed by atoms with E-state index in [1.807, 2.05) is 47.9 Å². The number of aryl methyl sites for hydroxylation is 2. The number of aromatic nitrogens is 3. The average Bonchev–Trinajstić information content (AvgIpc) is 3.18. The Labute approximate surface area is 136 Å². The van der Waals surface area contributed by atoms with Crippen LogP contribution in [0.4, 0.5) is 0 Å². The summed E-state index contributed by atoms with van der Waals surface area (Å²) in [6.07, 6.45) is 1.84. The molecule has 0 unspecified atom stereocenters. The highest BCUT2D eigenvalue weighted by Gasteiger charge is 2.28. The van der Waals surface area contributed by atoms with E-state index in [0.29, 0.717) is 18.8 Å². The van der Waals surface area contributed by atoms with Crippen LogP contribution >= 0.6 is 15.9 Å². The molecule has 112 valence electrons. The molecule has 0 saturated heterocycles. The predicted octanol–water partition coefficient (Wildman–Crippen LogP) is 3.13. The van der Waals surface area contributed by atoms with E-state index in [4.69, 9.17) is 0 Å². The standard InChI is InChI=1S/C16H15BrN4O/c1-9-11-5-14(19-13(11)4-3-12(9)17)16(22)21-7-10-6-18-20(2)15(10)8-21/h3-6,19H,7-8H2,1-2H3. The van der Waals surface area contributed by atoms with Gasteiger partial charge < -0.3 is 9.88 Å². The highest BCUT2D eigenvalue weighted by atomic mass is 79.9. The van der Waals surface area contributed by atoms with E-state index in [0.717, 1.165) is 32.2 Å². The van der Waals surface area contributed by atoms with Crippen LogP contribution in [-0.2, 0) is 20.1 Å². The lowest BCUT2D eigenvalue weighted by molar-refractivity contribution is 0.0743. The van der Waals surface area contributed by atoms with Crippen LogP contribution in [0.25, 0.3) is 10.9 Å². The van der Waals surface area contributed by atoms with Gasteiger partial charge in [-0.1, -0.05) is 15.9 Å². The van der Waals surface area contributed by atoms with Crippen molar-refractivity contribution in [1.29, 1.82) is 0 Å². The van der Waals surface area contributed by atoms with Crippen LogP contribution in [0, 0.1) is 6.92 Å². The van der Waals surface area contributed by atoms with Gasteiger partial charge in [0.15, 0.2) is 0 Å². The molecule has 3 heterocycles. The van der Waals surface area contributed by atoms with Gasteiger partial charge in [-0.25, -0.2) is 0 Å². The molecule has 1 aliphatic heterocycles. The lowest BCUT2D eigenvalue weighted by Gasteiger charge is -2.14. The molecule has 0 spiro atoms. The van der Waals surface area contributed by atoms with E-state index >= 15 is 0 Å². The summed E-state index contributed by atoms with van der Waals surface area (Å²) < 4.78 is 2.90. The Balaban J connectivity index is 1.68. The molecule has 0 bridgehead atoms. The lowest BCUT2D eigenvalue weighted by Crippen LogP contribution is -2.26. The topological polar surface area (TPSA) is 53.9 Å². The van der Waals surface area contributed by atoms with E-state index in [-0.39, 0.29) is 5.91 Å². The van der Waals surface area contributed by atoms with E-state index in [2.05, 4.69) is 26.0 Å². The normalized spacial score (nSPS) is 13.9. The van der Waals surface area contributed by atoms with Crippen molar-refractivity contribution < 1.29 is 4.79 Å². The molecule has 1 amide bonds. The van der Waals surface area contributed by atoms with Crippen LogP contribution < -0.4 is 0 Å². The summed E-state index contributed by atoms with van der Waals surface area (Å²) in [4.78, 5) is 17.8. The quantitative estimate of drug-likeness (QED) is 0.726. The minimum Gasteiger partial charge on any atom is -0.351 e. The lowest BCUT2D eigenvalue weighted by atomic mass is 10.1. The number of hydrogen-bond acceptors (Lipinski definition) is 2. The first-order valence-electron chi connectivity index (χ1n) is 7.11. The smallest absolute Gasteiger partial charge is 0.270 e. The Kier molecular flexibility index (Phi) is 2.91. The number of rotatable bonds is 1. The Bertz CT molecular complexity index is 908. The van der Waals surface area contributed by atoms with Crippen molar-refractivity contribution in [2.24, 2.45) is 7.05 Å². The molecule has 1 aromatic carbocycles. The van der Waals surface area contributed by atoms with Crippen molar-refractivity contribution in [3.05, 3.63) is 51.4 Å². The van der Waals surface area contributed by atoms with Gasteiger partial charge in [0.1, 0.15) is 5.69 Å². The van der Waals surface area contributed by atoms with E-state index in [1.54, 1.807) is 0 Å². The number of carbonyl (C=O) groups is 1. The van der Waals surface area contributed by atoms with Crippen LogP contribution in [0.5, 0.6) is 0 Å². The molecule has 2 aromatic heterocycles. The summed E-state index contributed by atoms with van der Waals surface area (Å²) in [5.41, 5.74) is 5.01. The summed E-state index contributed by atoms with van der Waals surface area (Å²) in [5, 5.41) is 5.31. The number of hydrogen-bond donors (Lipinski definition) is 1. The molecule has 5 nitrogen and oxygen atoms in total. The first kappa shape index (κ1) is 13.6. The fraction of sp³-hybridized carbons (Fsp3) is 0.250. The number of nitrogens with one attached hydrogen (secondary N) is 1. The second-order valence-electron chi connectivity index (χ2n) is 5.72. The summed E-state index contributed by atoms with van der Waals surface area (Å²) in [7, 11) is 1.91. The second kappa shape index (κ2) is 4.71. The fourth-order valence-electron chi connectivity index (χ4n) is 3.04. The van der Waals surface area contributed by atoms with Crippen LogP contribution in [0.2, 0.25) is 0 Å². The Morgan fingerprint density at radius 3 is 2.95 bits per heavy atom. The molecule has 1 aliphatic rings. The number of halogens is 1. The third-order valence-electron chi connectivity index (χ3n) is 4.37. The van der Waals surface area contributed by atoms with Crippen molar-refractivity contribution in [3.63, 3.8) is 0 Å². The van der Waals surface area contributed by atoms with Gasteiger partial charge in [0.05, 0.1) is 18.4 Å². The third kappa shape index (κ3) is 1.90. The SMILES string of the molecule is Cc1c(Br)ccc2[nH]c(C(=O)N3Cc4cnn(C)c4C3)cc12. The highest BCUT2D eigenvalue weighted by molar-refractivity contribution is 9.10.